The van der Waals surface area contributed by atoms with Gasteiger partial charge >= 0.3 is 0 Å². The van der Waals surface area contributed by atoms with Crippen LogP contribution in [0.3, 0.4) is 0 Å². The first-order chi connectivity index (χ1) is 7.92. The van der Waals surface area contributed by atoms with Crippen LogP contribution in [-0.4, -0.2) is 16.2 Å². The molecule has 2 heterocycles. The fraction of sp³-hybridized carbons (Fsp3) is 0.154. The van der Waals surface area contributed by atoms with Crippen molar-refractivity contribution in [2.24, 2.45) is 0 Å². The first-order valence-corrected chi connectivity index (χ1v) is 5.29. The highest BCUT2D eigenvalue weighted by Crippen LogP contribution is 2.27. The molecule has 0 aliphatic carbocycles. The predicted molar refractivity (Wildman–Crippen MR) is 63.2 cm³/mol. The molecule has 0 radical (unpaired) electrons. The first kappa shape index (κ1) is 9.33. The van der Waals surface area contributed by atoms with Crippen molar-refractivity contribution in [3.63, 3.8) is 0 Å². The van der Waals surface area contributed by atoms with E-state index in [0.717, 1.165) is 21.8 Å². The van der Waals surface area contributed by atoms with E-state index in [1.54, 1.807) is 12.4 Å². The predicted octanol–water partition coefficient (Wildman–Crippen LogP) is 3.16. The smallest absolute Gasteiger partial charge is 0.107 e. The molecule has 0 bridgehead atoms. The Labute approximate surface area is 92.3 Å². The third-order valence-electron chi connectivity index (χ3n) is 2.88. The van der Waals surface area contributed by atoms with Crippen LogP contribution >= 0.6 is 0 Å². The number of fused-ring (bicyclic) bond motifs is 3. The van der Waals surface area contributed by atoms with Crippen LogP contribution in [0.2, 0.25) is 0 Å². The average molecular weight is 214 g/mol. The standard InChI is InChI=1S/C13H11FN2/c14-6-8-16-12-4-2-1-3-10(12)11-5-7-15-9-13(11)16/h1-5,7,9H,6,8H2. The summed E-state index contributed by atoms with van der Waals surface area (Å²) in [6.45, 7) is 0.0262. The maximum atomic E-state index is 12.6. The van der Waals surface area contributed by atoms with Crippen LogP contribution in [0.15, 0.2) is 42.7 Å². The van der Waals surface area contributed by atoms with Crippen molar-refractivity contribution in [1.29, 1.82) is 0 Å². The van der Waals surface area contributed by atoms with Crippen LogP contribution in [0.1, 0.15) is 0 Å². The fourth-order valence-electron chi connectivity index (χ4n) is 2.22. The van der Waals surface area contributed by atoms with Gasteiger partial charge in [-0.1, -0.05) is 18.2 Å². The average Bonchev–Trinajstić information content (AvgIpc) is 2.66. The van der Waals surface area contributed by atoms with Gasteiger partial charge in [-0.15, -0.1) is 0 Å². The Balaban J connectivity index is 2.49. The van der Waals surface area contributed by atoms with Gasteiger partial charge in [-0.2, -0.15) is 0 Å². The van der Waals surface area contributed by atoms with E-state index < -0.39 is 0 Å². The molecule has 0 aliphatic rings. The Hall–Kier alpha value is -1.90. The topological polar surface area (TPSA) is 17.8 Å². The van der Waals surface area contributed by atoms with E-state index in [0.29, 0.717) is 6.54 Å². The minimum absolute atomic E-state index is 0.358. The number of aromatic nitrogens is 2. The van der Waals surface area contributed by atoms with Crippen molar-refractivity contribution in [3.05, 3.63) is 42.7 Å². The van der Waals surface area contributed by atoms with Crippen molar-refractivity contribution >= 4 is 21.8 Å². The number of aryl methyl sites for hydroxylation is 1. The zero-order valence-electron chi connectivity index (χ0n) is 8.73. The molecule has 16 heavy (non-hydrogen) atoms. The third kappa shape index (κ3) is 1.21. The van der Waals surface area contributed by atoms with Gasteiger partial charge in [0.15, 0.2) is 0 Å². The Morgan fingerprint density at radius 2 is 1.88 bits per heavy atom. The molecule has 2 nitrogen and oxygen atoms in total. The summed E-state index contributed by atoms with van der Waals surface area (Å²) in [5.41, 5.74) is 2.07. The van der Waals surface area contributed by atoms with Crippen molar-refractivity contribution < 1.29 is 4.39 Å². The van der Waals surface area contributed by atoms with Crippen molar-refractivity contribution in [3.8, 4) is 0 Å². The van der Waals surface area contributed by atoms with Crippen LogP contribution in [-0.2, 0) is 6.54 Å². The second-order valence-corrected chi connectivity index (χ2v) is 3.75. The third-order valence-corrected chi connectivity index (χ3v) is 2.88. The molecule has 3 rings (SSSR count). The van der Waals surface area contributed by atoms with Crippen molar-refractivity contribution in [2.75, 3.05) is 6.67 Å². The number of nitrogens with zero attached hydrogens (tertiary/aromatic N) is 2. The lowest BCUT2D eigenvalue weighted by Crippen LogP contribution is -1.98. The fourth-order valence-corrected chi connectivity index (χ4v) is 2.22. The monoisotopic (exact) mass is 214 g/mol. The number of pyridine rings is 1. The number of hydrogen-bond acceptors (Lipinski definition) is 1. The molecular formula is C13H11FN2. The van der Waals surface area contributed by atoms with Gasteiger partial charge in [0.05, 0.1) is 18.3 Å². The first-order valence-electron chi connectivity index (χ1n) is 5.29. The lowest BCUT2D eigenvalue weighted by molar-refractivity contribution is 0.455. The molecule has 0 unspecified atom stereocenters. The zero-order chi connectivity index (χ0) is 11.0. The van der Waals surface area contributed by atoms with Gasteiger partial charge < -0.3 is 4.57 Å². The van der Waals surface area contributed by atoms with Gasteiger partial charge in [0.25, 0.3) is 0 Å². The summed E-state index contributed by atoms with van der Waals surface area (Å²) in [4.78, 5) is 4.11. The second kappa shape index (κ2) is 3.59. The number of rotatable bonds is 2. The van der Waals surface area contributed by atoms with Crippen LogP contribution in [0, 0.1) is 0 Å². The summed E-state index contributed by atoms with van der Waals surface area (Å²) in [7, 11) is 0. The van der Waals surface area contributed by atoms with E-state index in [2.05, 4.69) is 11.1 Å². The van der Waals surface area contributed by atoms with Crippen LogP contribution < -0.4 is 0 Å². The lowest BCUT2D eigenvalue weighted by atomic mass is 10.2. The second-order valence-electron chi connectivity index (χ2n) is 3.75. The van der Waals surface area contributed by atoms with Crippen molar-refractivity contribution in [1.82, 2.24) is 9.55 Å². The van der Waals surface area contributed by atoms with E-state index in [4.69, 9.17) is 0 Å². The van der Waals surface area contributed by atoms with Gasteiger partial charge in [-0.3, -0.25) is 4.98 Å². The van der Waals surface area contributed by atoms with Crippen LogP contribution in [0.25, 0.3) is 21.8 Å². The number of alkyl halides is 1. The zero-order valence-corrected chi connectivity index (χ0v) is 8.73. The Morgan fingerprint density at radius 3 is 2.75 bits per heavy atom. The number of para-hydroxylation sites is 1. The Kier molecular flexibility index (Phi) is 2.10. The summed E-state index contributed by atoms with van der Waals surface area (Å²) >= 11 is 0. The lowest BCUT2D eigenvalue weighted by Gasteiger charge is -2.02. The molecule has 3 heteroatoms. The van der Waals surface area contributed by atoms with E-state index in [9.17, 15) is 4.39 Å². The number of hydrogen-bond donors (Lipinski definition) is 0. The van der Waals surface area contributed by atoms with E-state index in [1.165, 1.54) is 0 Å². The highest BCUT2D eigenvalue weighted by molar-refractivity contribution is 6.07. The maximum Gasteiger partial charge on any atom is 0.107 e. The summed E-state index contributed by atoms with van der Waals surface area (Å²) in [5, 5.41) is 2.30. The molecule has 80 valence electrons. The molecule has 0 spiro atoms. The molecular weight excluding hydrogens is 203 g/mol. The largest absolute Gasteiger partial charge is 0.337 e. The van der Waals surface area contributed by atoms with Crippen molar-refractivity contribution in [2.45, 2.75) is 6.54 Å². The molecule has 0 saturated heterocycles. The molecule has 0 N–H and O–H groups in total. The molecule has 0 atom stereocenters. The Morgan fingerprint density at radius 1 is 1.06 bits per heavy atom. The summed E-state index contributed by atoms with van der Waals surface area (Å²) in [5.74, 6) is 0. The van der Waals surface area contributed by atoms with Crippen LogP contribution in [0.4, 0.5) is 4.39 Å². The van der Waals surface area contributed by atoms with Gasteiger partial charge in [-0.25, -0.2) is 4.39 Å². The minimum atomic E-state index is -0.358. The number of benzene rings is 1. The molecule has 3 aromatic rings. The quantitative estimate of drug-likeness (QED) is 0.640. The van der Waals surface area contributed by atoms with E-state index in [1.807, 2.05) is 28.8 Å². The molecule has 0 saturated carbocycles. The van der Waals surface area contributed by atoms with Gasteiger partial charge in [0.1, 0.15) is 6.67 Å². The van der Waals surface area contributed by atoms with Gasteiger partial charge in [0, 0.05) is 22.5 Å². The highest BCUT2D eigenvalue weighted by Gasteiger charge is 2.08. The minimum Gasteiger partial charge on any atom is -0.337 e. The SMILES string of the molecule is FCCn1c2ccccc2c2ccncc21. The van der Waals surface area contributed by atoms with Gasteiger partial charge in [0.2, 0.25) is 0 Å². The summed E-state index contributed by atoms with van der Waals surface area (Å²) in [6, 6.07) is 10.0. The van der Waals surface area contributed by atoms with Gasteiger partial charge in [-0.05, 0) is 12.1 Å². The normalized spacial score (nSPS) is 11.3. The molecule has 0 fully saturated rings. The van der Waals surface area contributed by atoms with E-state index in [-0.39, 0.29) is 6.67 Å². The molecule has 1 aromatic carbocycles. The summed E-state index contributed by atoms with van der Waals surface area (Å²) in [6.07, 6.45) is 3.57. The van der Waals surface area contributed by atoms with E-state index >= 15 is 0 Å². The number of halogens is 1. The highest BCUT2D eigenvalue weighted by atomic mass is 19.1. The Bertz CT molecular complexity index is 589. The molecule has 2 aromatic heterocycles. The molecule has 0 amide bonds. The maximum absolute atomic E-state index is 12.6. The molecule has 0 aliphatic heterocycles. The van der Waals surface area contributed by atoms with Crippen LogP contribution in [0.5, 0.6) is 0 Å². The summed E-state index contributed by atoms with van der Waals surface area (Å²) < 4.78 is 14.6.